The zero-order valence-corrected chi connectivity index (χ0v) is 13.7. The van der Waals surface area contributed by atoms with Gasteiger partial charge in [0.05, 0.1) is 6.04 Å². The highest BCUT2D eigenvalue weighted by atomic mass is 127. The zero-order chi connectivity index (χ0) is 14.7. The molecule has 0 radical (unpaired) electrons. The lowest BCUT2D eigenvalue weighted by Crippen LogP contribution is -2.30. The highest BCUT2D eigenvalue weighted by Gasteiger charge is 2.16. The summed E-state index contributed by atoms with van der Waals surface area (Å²) in [4.78, 5) is 0. The van der Waals surface area contributed by atoms with Crippen molar-refractivity contribution in [2.24, 2.45) is 5.84 Å². The fourth-order valence-corrected chi connectivity index (χ4v) is 3.27. The maximum atomic E-state index is 13.2. The first kappa shape index (κ1) is 15.4. The lowest BCUT2D eigenvalue weighted by molar-refractivity contribution is 0.544. The number of hydrazine groups is 1. The predicted molar refractivity (Wildman–Crippen MR) is 88.8 cm³/mol. The van der Waals surface area contributed by atoms with E-state index in [1.165, 1.54) is 28.8 Å². The van der Waals surface area contributed by atoms with Crippen molar-refractivity contribution in [3.05, 3.63) is 68.0 Å². The van der Waals surface area contributed by atoms with Crippen LogP contribution in [-0.4, -0.2) is 0 Å². The molecule has 0 saturated heterocycles. The van der Waals surface area contributed by atoms with Crippen LogP contribution in [0.25, 0.3) is 0 Å². The summed E-state index contributed by atoms with van der Waals surface area (Å²) in [5.74, 6) is 5.49. The summed E-state index contributed by atoms with van der Waals surface area (Å²) in [6.07, 6.45) is 0.788. The van der Waals surface area contributed by atoms with Gasteiger partial charge < -0.3 is 0 Å². The molecule has 2 rings (SSSR count). The van der Waals surface area contributed by atoms with Gasteiger partial charge in [-0.1, -0.05) is 24.3 Å². The highest BCUT2D eigenvalue weighted by Crippen LogP contribution is 2.26. The molecule has 0 bridgehead atoms. The van der Waals surface area contributed by atoms with Crippen LogP contribution >= 0.6 is 22.6 Å². The fourth-order valence-electron chi connectivity index (χ4n) is 2.42. The van der Waals surface area contributed by atoms with Gasteiger partial charge in [0.15, 0.2) is 0 Å². The molecule has 106 valence electrons. The lowest BCUT2D eigenvalue weighted by Gasteiger charge is -2.20. The van der Waals surface area contributed by atoms with E-state index < -0.39 is 0 Å². The number of halogens is 2. The first-order valence-electron chi connectivity index (χ1n) is 6.49. The molecule has 0 fully saturated rings. The summed E-state index contributed by atoms with van der Waals surface area (Å²) in [6.45, 7) is 4.21. The first-order chi connectivity index (χ1) is 9.52. The lowest BCUT2D eigenvalue weighted by atomic mass is 9.93. The van der Waals surface area contributed by atoms with E-state index >= 15 is 0 Å². The molecule has 20 heavy (non-hydrogen) atoms. The molecule has 2 nitrogen and oxygen atoms in total. The molecule has 0 aliphatic carbocycles. The Morgan fingerprint density at radius 3 is 2.40 bits per heavy atom. The Balaban J connectivity index is 2.34. The zero-order valence-electron chi connectivity index (χ0n) is 11.6. The molecule has 3 N–H and O–H groups in total. The number of aryl methyl sites for hydroxylation is 2. The molecule has 0 aromatic heterocycles. The van der Waals surface area contributed by atoms with Gasteiger partial charge >= 0.3 is 0 Å². The van der Waals surface area contributed by atoms with Crippen LogP contribution < -0.4 is 11.3 Å². The molecule has 2 aromatic rings. The number of hydrogen-bond acceptors (Lipinski definition) is 2. The molecule has 4 heteroatoms. The molecule has 0 aliphatic heterocycles. The largest absolute Gasteiger partial charge is 0.271 e. The van der Waals surface area contributed by atoms with E-state index in [1.807, 2.05) is 0 Å². The Hall–Kier alpha value is -0.980. The van der Waals surface area contributed by atoms with Crippen molar-refractivity contribution in [2.45, 2.75) is 26.3 Å². The van der Waals surface area contributed by atoms with Crippen molar-refractivity contribution in [3.8, 4) is 0 Å². The second-order valence-corrected chi connectivity index (χ2v) is 6.12. The Labute approximate surface area is 132 Å². The molecular weight excluding hydrogens is 366 g/mol. The minimum absolute atomic E-state index is 0.0256. The molecule has 0 amide bonds. The Morgan fingerprint density at radius 1 is 1.20 bits per heavy atom. The smallest absolute Gasteiger partial charge is 0.124 e. The van der Waals surface area contributed by atoms with Crippen LogP contribution in [0.1, 0.15) is 28.3 Å². The van der Waals surface area contributed by atoms with Gasteiger partial charge in [0.1, 0.15) is 5.82 Å². The Kier molecular flexibility index (Phi) is 5.12. The minimum Gasteiger partial charge on any atom is -0.271 e. The summed E-state index contributed by atoms with van der Waals surface area (Å²) in [5, 5.41) is 0. The van der Waals surface area contributed by atoms with Gasteiger partial charge in [0.25, 0.3) is 0 Å². The van der Waals surface area contributed by atoms with Crippen LogP contribution in [0.15, 0.2) is 36.4 Å². The van der Waals surface area contributed by atoms with E-state index in [4.69, 9.17) is 5.84 Å². The molecule has 1 unspecified atom stereocenters. The molecule has 0 saturated carbocycles. The van der Waals surface area contributed by atoms with E-state index in [1.54, 1.807) is 6.07 Å². The number of hydrogen-bond donors (Lipinski definition) is 2. The molecular formula is C16H18FIN2. The van der Waals surface area contributed by atoms with Crippen LogP contribution in [0.3, 0.4) is 0 Å². The number of nitrogens with one attached hydrogen (secondary N) is 1. The number of nitrogens with two attached hydrogens (primary N) is 1. The standard InChI is InChI=1S/C16H18FIN2/c1-10-4-3-5-11(2)14(10)9-16(20-19)13-7-6-12(17)8-15(13)18/h3-8,16,20H,9,19H2,1-2H3. The van der Waals surface area contributed by atoms with Crippen molar-refractivity contribution < 1.29 is 4.39 Å². The van der Waals surface area contributed by atoms with E-state index in [-0.39, 0.29) is 11.9 Å². The molecule has 0 heterocycles. The highest BCUT2D eigenvalue weighted by molar-refractivity contribution is 14.1. The van der Waals surface area contributed by atoms with Crippen molar-refractivity contribution in [3.63, 3.8) is 0 Å². The summed E-state index contributed by atoms with van der Waals surface area (Å²) >= 11 is 2.15. The van der Waals surface area contributed by atoms with Crippen LogP contribution in [0.4, 0.5) is 4.39 Å². The normalized spacial score (nSPS) is 12.4. The van der Waals surface area contributed by atoms with Gasteiger partial charge in [-0.05, 0) is 77.2 Å². The second-order valence-electron chi connectivity index (χ2n) is 4.96. The summed E-state index contributed by atoms with van der Waals surface area (Å²) in [5.41, 5.74) is 7.67. The van der Waals surface area contributed by atoms with Gasteiger partial charge in [-0.3, -0.25) is 11.3 Å². The monoisotopic (exact) mass is 384 g/mol. The Bertz CT molecular complexity index is 593. The maximum absolute atomic E-state index is 13.2. The van der Waals surface area contributed by atoms with Gasteiger partial charge in [-0.2, -0.15) is 0 Å². The van der Waals surface area contributed by atoms with Crippen molar-refractivity contribution >= 4 is 22.6 Å². The predicted octanol–water partition coefficient (Wildman–Crippen LogP) is 3.79. The third-order valence-electron chi connectivity index (χ3n) is 3.59. The van der Waals surface area contributed by atoms with Gasteiger partial charge in [-0.15, -0.1) is 0 Å². The quantitative estimate of drug-likeness (QED) is 0.478. The molecule has 1 atom stereocenters. The molecule has 2 aromatic carbocycles. The van der Waals surface area contributed by atoms with Crippen molar-refractivity contribution in [1.29, 1.82) is 0 Å². The van der Waals surface area contributed by atoms with E-state index in [9.17, 15) is 4.39 Å². The third-order valence-corrected chi connectivity index (χ3v) is 4.53. The van der Waals surface area contributed by atoms with E-state index in [0.29, 0.717) is 0 Å². The van der Waals surface area contributed by atoms with E-state index in [2.05, 4.69) is 60.1 Å². The van der Waals surface area contributed by atoms with Crippen molar-refractivity contribution in [2.75, 3.05) is 0 Å². The first-order valence-corrected chi connectivity index (χ1v) is 7.57. The number of benzene rings is 2. The van der Waals surface area contributed by atoms with Crippen LogP contribution in [0.5, 0.6) is 0 Å². The minimum atomic E-state index is -0.221. The van der Waals surface area contributed by atoms with Crippen LogP contribution in [0.2, 0.25) is 0 Å². The summed E-state index contributed by atoms with van der Waals surface area (Å²) < 4.78 is 14.1. The fraction of sp³-hybridized carbons (Fsp3) is 0.250. The average molecular weight is 384 g/mol. The number of rotatable bonds is 4. The second kappa shape index (κ2) is 6.65. The van der Waals surface area contributed by atoms with Gasteiger partial charge in [0, 0.05) is 3.57 Å². The molecule has 0 spiro atoms. The van der Waals surface area contributed by atoms with E-state index in [0.717, 1.165) is 15.6 Å². The summed E-state index contributed by atoms with van der Waals surface area (Å²) in [6, 6.07) is 11.0. The van der Waals surface area contributed by atoms with Crippen LogP contribution in [-0.2, 0) is 6.42 Å². The Morgan fingerprint density at radius 2 is 1.85 bits per heavy atom. The topological polar surface area (TPSA) is 38.0 Å². The van der Waals surface area contributed by atoms with Crippen molar-refractivity contribution in [1.82, 2.24) is 5.43 Å². The summed E-state index contributed by atoms with van der Waals surface area (Å²) in [7, 11) is 0. The van der Waals surface area contributed by atoms with Crippen LogP contribution in [0, 0.1) is 23.2 Å². The molecule has 0 aliphatic rings. The average Bonchev–Trinajstić information content (AvgIpc) is 2.40. The van der Waals surface area contributed by atoms with Gasteiger partial charge in [-0.25, -0.2) is 4.39 Å². The van der Waals surface area contributed by atoms with Gasteiger partial charge in [0.2, 0.25) is 0 Å². The third kappa shape index (κ3) is 3.37. The SMILES string of the molecule is Cc1cccc(C)c1CC(NN)c1ccc(F)cc1I. The maximum Gasteiger partial charge on any atom is 0.124 e.